The Morgan fingerprint density at radius 2 is 0.571 bits per heavy atom. The Hall–Kier alpha value is -1.99. The molecular weight excluding hydrogens is 815 g/mol. The summed E-state index contributed by atoms with van der Waals surface area (Å²) in [5.74, 6) is 0.610. The number of hydrogen-bond donors (Lipinski definition) is 1. The number of carbonyl (C=O) groups excluding carboxylic acids is 1. The van der Waals surface area contributed by atoms with Gasteiger partial charge in [0.05, 0.1) is 152 Å². The predicted molar refractivity (Wildman–Crippen MR) is 246 cm³/mol. The van der Waals surface area contributed by atoms with Crippen LogP contribution in [0.4, 0.5) is 5.69 Å². The van der Waals surface area contributed by atoms with Crippen molar-refractivity contribution in [2.24, 2.45) is 0 Å². The van der Waals surface area contributed by atoms with Crippen LogP contribution in [0.1, 0.15) is 104 Å². The van der Waals surface area contributed by atoms with Gasteiger partial charge in [-0.15, -0.1) is 0 Å². The second-order valence-corrected chi connectivity index (χ2v) is 15.0. The Morgan fingerprint density at radius 3 is 0.841 bits per heavy atom. The van der Waals surface area contributed by atoms with E-state index in [9.17, 15) is 4.79 Å². The molecule has 0 aliphatic rings. The Labute approximate surface area is 381 Å². The molecule has 370 valence electrons. The van der Waals surface area contributed by atoms with Crippen LogP contribution in [0.3, 0.4) is 0 Å². The summed E-state index contributed by atoms with van der Waals surface area (Å²) in [6, 6.07) is 7.19. The van der Waals surface area contributed by atoms with E-state index in [0.29, 0.717) is 159 Å². The van der Waals surface area contributed by atoms with Gasteiger partial charge in [0.25, 0.3) is 0 Å². The van der Waals surface area contributed by atoms with Gasteiger partial charge in [-0.1, -0.05) is 90.4 Å². The average molecular weight is 904 g/mol. The zero-order chi connectivity index (χ0) is 45.0. The van der Waals surface area contributed by atoms with Crippen molar-refractivity contribution in [2.45, 2.75) is 104 Å². The lowest BCUT2D eigenvalue weighted by molar-refractivity contribution is -0.114. The smallest absolute Gasteiger partial charge is 0.221 e. The summed E-state index contributed by atoms with van der Waals surface area (Å²) in [6.07, 6.45) is 19.2. The van der Waals surface area contributed by atoms with Gasteiger partial charge in [0, 0.05) is 19.2 Å². The number of nitrogens with one attached hydrogen (secondary N) is 1. The van der Waals surface area contributed by atoms with Crippen LogP contribution >= 0.6 is 0 Å². The summed E-state index contributed by atoms with van der Waals surface area (Å²) in [6.45, 7) is 16.9. The first-order valence-corrected chi connectivity index (χ1v) is 24.2. The molecule has 0 atom stereocenters. The van der Waals surface area contributed by atoms with Crippen molar-refractivity contribution in [3.63, 3.8) is 0 Å². The van der Waals surface area contributed by atoms with Gasteiger partial charge in [-0.25, -0.2) is 0 Å². The summed E-state index contributed by atoms with van der Waals surface area (Å²) in [5.41, 5.74) is 0.732. The van der Waals surface area contributed by atoms with E-state index >= 15 is 0 Å². The molecule has 63 heavy (non-hydrogen) atoms. The third kappa shape index (κ3) is 47.8. The minimum absolute atomic E-state index is 0.108. The highest BCUT2D eigenvalue weighted by Gasteiger charge is 2.00. The van der Waals surface area contributed by atoms with Gasteiger partial charge in [-0.3, -0.25) is 4.79 Å². The molecule has 0 aromatic heterocycles. The van der Waals surface area contributed by atoms with Crippen molar-refractivity contribution >= 4 is 11.6 Å². The first-order valence-electron chi connectivity index (χ1n) is 24.2. The van der Waals surface area contributed by atoms with Crippen LogP contribution in [0.5, 0.6) is 5.75 Å². The maximum atomic E-state index is 11.1. The van der Waals surface area contributed by atoms with Crippen molar-refractivity contribution in [2.75, 3.05) is 170 Å². The molecule has 0 aliphatic carbocycles. The molecule has 0 bridgehead atoms. The molecule has 1 N–H and O–H groups in total. The van der Waals surface area contributed by atoms with Gasteiger partial charge in [0.15, 0.2) is 0 Å². The Morgan fingerprint density at radius 1 is 0.333 bits per heavy atom. The number of anilines is 1. The van der Waals surface area contributed by atoms with Gasteiger partial charge in [0.2, 0.25) is 5.91 Å². The molecule has 0 unspecified atom stereocenters. The number of ether oxygens (including phenoxy) is 13. The van der Waals surface area contributed by atoms with Crippen LogP contribution in [-0.2, 0) is 61.6 Å². The second-order valence-electron chi connectivity index (χ2n) is 15.0. The fourth-order valence-electron chi connectivity index (χ4n) is 5.98. The monoisotopic (exact) mass is 904 g/mol. The third-order valence-corrected chi connectivity index (χ3v) is 9.41. The summed E-state index contributed by atoms with van der Waals surface area (Å²) < 4.78 is 72.1. The number of unbranched alkanes of at least 4 members (excludes halogenated alkanes) is 13. The number of benzene rings is 1. The van der Waals surface area contributed by atoms with Crippen molar-refractivity contribution < 1.29 is 66.4 Å². The van der Waals surface area contributed by atoms with Crippen LogP contribution < -0.4 is 10.1 Å². The zero-order valence-electron chi connectivity index (χ0n) is 39.6. The number of rotatable bonds is 53. The van der Waals surface area contributed by atoms with E-state index in [4.69, 9.17) is 61.6 Å². The van der Waals surface area contributed by atoms with Crippen LogP contribution in [0.15, 0.2) is 24.3 Å². The molecule has 1 rings (SSSR count). The van der Waals surface area contributed by atoms with Gasteiger partial charge < -0.3 is 66.9 Å². The lowest BCUT2D eigenvalue weighted by Gasteiger charge is -2.09. The number of amides is 1. The lowest BCUT2D eigenvalue weighted by Crippen LogP contribution is -2.15. The van der Waals surface area contributed by atoms with E-state index in [1.807, 2.05) is 0 Å². The molecule has 1 aromatic rings. The normalized spacial score (nSPS) is 11.5. The van der Waals surface area contributed by atoms with Gasteiger partial charge in [-0.05, 0) is 30.7 Å². The molecule has 1 aromatic carbocycles. The van der Waals surface area contributed by atoms with Crippen LogP contribution in [0.25, 0.3) is 0 Å². The van der Waals surface area contributed by atoms with Crippen molar-refractivity contribution in [1.29, 1.82) is 0 Å². The van der Waals surface area contributed by atoms with Crippen molar-refractivity contribution in [3.8, 4) is 5.75 Å². The summed E-state index contributed by atoms with van der Waals surface area (Å²) in [4.78, 5) is 11.1. The van der Waals surface area contributed by atoms with E-state index < -0.39 is 0 Å². The second kappa shape index (κ2) is 51.0. The Balaban J connectivity index is 1.62. The molecule has 15 nitrogen and oxygen atoms in total. The van der Waals surface area contributed by atoms with Gasteiger partial charge >= 0.3 is 0 Å². The van der Waals surface area contributed by atoms with Crippen LogP contribution in [0, 0.1) is 0 Å². The number of hydrogen-bond acceptors (Lipinski definition) is 14. The molecule has 0 saturated carbocycles. The summed E-state index contributed by atoms with van der Waals surface area (Å²) >= 11 is 0. The van der Waals surface area contributed by atoms with Crippen molar-refractivity contribution in [1.82, 2.24) is 0 Å². The minimum Gasteiger partial charge on any atom is -0.491 e. The lowest BCUT2D eigenvalue weighted by atomic mass is 10.0. The maximum Gasteiger partial charge on any atom is 0.221 e. The molecule has 0 saturated heterocycles. The van der Waals surface area contributed by atoms with Gasteiger partial charge in [0.1, 0.15) is 12.4 Å². The molecule has 0 aliphatic heterocycles. The zero-order valence-corrected chi connectivity index (χ0v) is 39.6. The molecule has 0 radical (unpaired) electrons. The molecule has 1 amide bonds. The largest absolute Gasteiger partial charge is 0.491 e. The fraction of sp³-hybridized carbons (Fsp3) is 0.854. The maximum absolute atomic E-state index is 11.1. The van der Waals surface area contributed by atoms with E-state index in [-0.39, 0.29) is 5.91 Å². The van der Waals surface area contributed by atoms with Gasteiger partial charge in [-0.2, -0.15) is 0 Å². The summed E-state index contributed by atoms with van der Waals surface area (Å²) in [5, 5.41) is 2.72. The fourth-order valence-corrected chi connectivity index (χ4v) is 5.98. The quantitative estimate of drug-likeness (QED) is 0.0637. The highest BCUT2D eigenvalue weighted by Crippen LogP contribution is 2.16. The third-order valence-electron chi connectivity index (χ3n) is 9.41. The molecule has 0 fully saturated rings. The van der Waals surface area contributed by atoms with E-state index in [1.54, 1.807) is 24.3 Å². The predicted octanol–water partition coefficient (Wildman–Crippen LogP) is 7.70. The molecule has 0 heterocycles. The van der Waals surface area contributed by atoms with Crippen molar-refractivity contribution in [3.05, 3.63) is 24.3 Å². The molecular formula is C48H89NO14. The number of carbonyl (C=O) groups is 1. The highest BCUT2D eigenvalue weighted by atomic mass is 16.6. The SMILES string of the molecule is CCCCCCCCCCCCCCCCOCCOCCOCCOCCOCCOCCOCCOCCOCCOCCOCCOCCOc1ccc(NC(C)=O)cc1. The molecule has 0 spiro atoms. The van der Waals surface area contributed by atoms with E-state index in [0.717, 1.165) is 24.5 Å². The average Bonchev–Trinajstić information content (AvgIpc) is 3.28. The highest BCUT2D eigenvalue weighted by molar-refractivity contribution is 5.88. The van der Waals surface area contributed by atoms with Crippen LogP contribution in [-0.4, -0.2) is 171 Å². The first-order chi connectivity index (χ1) is 31.2. The van der Waals surface area contributed by atoms with E-state index in [2.05, 4.69) is 12.2 Å². The Kier molecular flexibility index (Phi) is 47.8. The van der Waals surface area contributed by atoms with E-state index in [1.165, 1.54) is 90.4 Å². The first kappa shape index (κ1) is 59.0. The minimum atomic E-state index is -0.108. The standard InChI is InChI=1S/C48H89NO14/c1-3-4-5-6-7-8-9-10-11-12-13-14-15-16-21-51-22-23-52-24-25-53-26-27-54-28-29-55-30-31-56-32-33-57-34-35-58-36-37-59-38-39-60-40-41-61-42-43-62-44-45-63-48-19-17-47(18-20-48)49-46(2)50/h17-20H,3-16,21-45H2,1-2H3,(H,49,50). The Bertz CT molecular complexity index is 1040. The molecule has 15 heteroatoms. The van der Waals surface area contributed by atoms with Crippen LogP contribution in [0.2, 0.25) is 0 Å². The topological polar surface area (TPSA) is 149 Å². The summed E-state index contributed by atoms with van der Waals surface area (Å²) in [7, 11) is 0.